The van der Waals surface area contributed by atoms with Crippen LogP contribution in [0.4, 0.5) is 0 Å². The predicted molar refractivity (Wildman–Crippen MR) is 350 cm³/mol. The molecule has 0 aliphatic heterocycles. The van der Waals surface area contributed by atoms with Crippen LogP contribution >= 0.6 is 7.82 Å². The first kappa shape index (κ1) is 77.9. The van der Waals surface area contributed by atoms with Gasteiger partial charge in [-0.25, -0.2) is 4.57 Å². The fourth-order valence-corrected chi connectivity index (χ4v) is 10.1. The molecule has 9 nitrogen and oxygen atoms in total. The van der Waals surface area contributed by atoms with E-state index in [1.54, 1.807) is 0 Å². The standard InChI is InChI=1S/C71H127N2O7P/c1-7-10-13-16-19-22-25-27-29-31-33-34-35-36-37-38-40-41-43-45-48-51-54-57-60-63-70(74)72-68(67-79-81(76,77)78-66-65-73(4,5)6)69(62-59-56-53-50-47-24-21-18-15-12-9-3)80-71(75)64-61-58-55-52-49-46-44-42-39-32-30-28-26-23-20-17-14-11-8-2/h10,13,19,22,27-30,33-34,36-37,40-41,59,62,68-69H,7-9,11-12,14-18,20-21,23-26,31-32,35,38-39,42-58,60-61,63-67H2,1-6H3,(H-,72,74,76,77)/p+1/b13-10-,22-19-,29-27-,30-28+,34-33-,37-36-,41-40-,62-59-. The van der Waals surface area contributed by atoms with Gasteiger partial charge in [-0.2, -0.15) is 0 Å². The Kier molecular flexibility index (Phi) is 57.8. The van der Waals surface area contributed by atoms with E-state index in [-0.39, 0.29) is 31.5 Å². The number of phosphoric ester groups is 1. The van der Waals surface area contributed by atoms with Crippen LogP contribution in [0.1, 0.15) is 290 Å². The lowest BCUT2D eigenvalue weighted by molar-refractivity contribution is -0.870. The molecule has 0 aliphatic rings. The molecule has 0 fully saturated rings. The summed E-state index contributed by atoms with van der Waals surface area (Å²) in [5.41, 5.74) is 0. The van der Waals surface area contributed by atoms with Crippen molar-refractivity contribution in [2.24, 2.45) is 0 Å². The van der Waals surface area contributed by atoms with Gasteiger partial charge in [0.05, 0.1) is 33.8 Å². The number of likely N-dealkylation sites (N-methyl/N-ethyl adjacent to an activating group) is 1. The lowest BCUT2D eigenvalue weighted by atomic mass is 10.0. The number of allylic oxidation sites excluding steroid dienone is 15. The van der Waals surface area contributed by atoms with Crippen molar-refractivity contribution >= 4 is 19.7 Å². The number of esters is 1. The minimum atomic E-state index is -4.46. The zero-order valence-electron chi connectivity index (χ0n) is 53.5. The van der Waals surface area contributed by atoms with Crippen molar-refractivity contribution in [3.8, 4) is 0 Å². The molecule has 0 radical (unpaired) electrons. The Morgan fingerprint density at radius 1 is 0.444 bits per heavy atom. The third-order valence-electron chi connectivity index (χ3n) is 14.5. The second kappa shape index (κ2) is 60.1. The number of quaternary nitrogens is 1. The van der Waals surface area contributed by atoms with Crippen LogP contribution in [0, 0.1) is 0 Å². The van der Waals surface area contributed by atoms with Gasteiger partial charge in [0.25, 0.3) is 0 Å². The molecule has 0 rings (SSSR count). The summed E-state index contributed by atoms with van der Waals surface area (Å²) in [6.45, 7) is 6.89. The largest absolute Gasteiger partial charge is 0.472 e. The molecule has 81 heavy (non-hydrogen) atoms. The van der Waals surface area contributed by atoms with Gasteiger partial charge in [0.2, 0.25) is 5.91 Å². The van der Waals surface area contributed by atoms with Gasteiger partial charge in [-0.05, 0) is 109 Å². The molecule has 0 spiro atoms. The van der Waals surface area contributed by atoms with Crippen molar-refractivity contribution in [1.82, 2.24) is 5.32 Å². The fourth-order valence-electron chi connectivity index (χ4n) is 9.35. The molecule has 468 valence electrons. The molecule has 0 saturated heterocycles. The lowest BCUT2D eigenvalue weighted by Crippen LogP contribution is -2.47. The highest BCUT2D eigenvalue weighted by Crippen LogP contribution is 2.43. The van der Waals surface area contributed by atoms with E-state index in [0.29, 0.717) is 17.4 Å². The van der Waals surface area contributed by atoms with E-state index >= 15 is 0 Å². The molecule has 0 aromatic carbocycles. The van der Waals surface area contributed by atoms with Crippen LogP contribution in [-0.4, -0.2) is 74.3 Å². The summed E-state index contributed by atoms with van der Waals surface area (Å²) in [7, 11) is 1.48. The minimum absolute atomic E-state index is 0.0329. The molecule has 0 aromatic rings. The van der Waals surface area contributed by atoms with Gasteiger partial charge in [0.15, 0.2) is 0 Å². The summed E-state index contributed by atoms with van der Waals surface area (Å²) >= 11 is 0. The molecule has 3 unspecified atom stereocenters. The van der Waals surface area contributed by atoms with Crippen LogP contribution in [0.3, 0.4) is 0 Å². The summed E-state index contributed by atoms with van der Waals surface area (Å²) in [5.74, 6) is -0.524. The number of phosphoric acid groups is 1. The Hall–Kier alpha value is -3.07. The Morgan fingerprint density at radius 3 is 1.20 bits per heavy atom. The van der Waals surface area contributed by atoms with Crippen molar-refractivity contribution in [3.05, 3.63) is 97.2 Å². The van der Waals surface area contributed by atoms with Crippen LogP contribution in [0.25, 0.3) is 0 Å². The molecular formula is C71H128N2O7P+. The van der Waals surface area contributed by atoms with E-state index in [2.05, 4.69) is 111 Å². The molecule has 0 heterocycles. The SMILES string of the molecule is CC/C=C\C/C=C\C/C=C\C/C=C\C/C=C\C/C=C\CCCCCCCCC(=O)NC(COP(=O)(O)OCC[N+](C)(C)C)C(/C=C\CCCCCCCCCCC)OC(=O)CCCCCCCCCCC/C=C/CCCCCCCC. The summed E-state index contributed by atoms with van der Waals surface area (Å²) in [6, 6.07) is -0.863. The van der Waals surface area contributed by atoms with E-state index < -0.39 is 20.0 Å². The number of nitrogens with zero attached hydrogens (tertiary/aromatic N) is 1. The highest BCUT2D eigenvalue weighted by molar-refractivity contribution is 7.47. The summed E-state index contributed by atoms with van der Waals surface area (Å²) in [5, 5.41) is 3.05. The number of carbonyl (C=O) groups excluding carboxylic acids is 2. The van der Waals surface area contributed by atoms with Gasteiger partial charge in [0, 0.05) is 12.8 Å². The third kappa shape index (κ3) is 61.3. The molecule has 0 bridgehead atoms. The van der Waals surface area contributed by atoms with Crippen molar-refractivity contribution in [1.29, 1.82) is 0 Å². The second-order valence-electron chi connectivity index (χ2n) is 23.6. The molecule has 10 heteroatoms. The zero-order chi connectivity index (χ0) is 59.3. The molecule has 2 N–H and O–H groups in total. The van der Waals surface area contributed by atoms with Gasteiger partial charge < -0.3 is 19.4 Å². The van der Waals surface area contributed by atoms with Gasteiger partial charge in [-0.15, -0.1) is 0 Å². The maximum atomic E-state index is 13.6. The Balaban J connectivity index is 5.15. The lowest BCUT2D eigenvalue weighted by Gasteiger charge is -2.27. The number of hydrogen-bond acceptors (Lipinski definition) is 6. The van der Waals surface area contributed by atoms with Gasteiger partial charge in [0.1, 0.15) is 19.3 Å². The number of carbonyl (C=O) groups is 2. The first-order chi connectivity index (χ1) is 39.4. The normalized spacial score (nSPS) is 14.2. The summed E-state index contributed by atoms with van der Waals surface area (Å²) < 4.78 is 30.7. The third-order valence-corrected chi connectivity index (χ3v) is 15.5. The Morgan fingerprint density at radius 2 is 0.790 bits per heavy atom. The van der Waals surface area contributed by atoms with Crippen LogP contribution in [0.5, 0.6) is 0 Å². The van der Waals surface area contributed by atoms with Crippen LogP contribution in [-0.2, 0) is 27.9 Å². The van der Waals surface area contributed by atoms with Crippen LogP contribution in [0.15, 0.2) is 97.2 Å². The van der Waals surface area contributed by atoms with Crippen molar-refractivity contribution in [2.45, 2.75) is 303 Å². The number of amides is 1. The molecule has 0 saturated carbocycles. The first-order valence-electron chi connectivity index (χ1n) is 33.6. The molecule has 0 aliphatic carbocycles. The van der Waals surface area contributed by atoms with Crippen LogP contribution < -0.4 is 5.32 Å². The van der Waals surface area contributed by atoms with Gasteiger partial charge >= 0.3 is 13.8 Å². The molecule has 3 atom stereocenters. The molecular weight excluding hydrogens is 1020 g/mol. The van der Waals surface area contributed by atoms with E-state index in [1.807, 2.05) is 33.3 Å². The van der Waals surface area contributed by atoms with Gasteiger partial charge in [-0.1, -0.05) is 266 Å². The number of unbranched alkanes of at least 4 members (excludes halogenated alkanes) is 30. The highest BCUT2D eigenvalue weighted by atomic mass is 31.2. The summed E-state index contributed by atoms with van der Waals surface area (Å²) in [6.07, 6.45) is 81.2. The Bertz CT molecular complexity index is 1710. The Labute approximate surface area is 500 Å². The van der Waals surface area contributed by atoms with E-state index in [0.717, 1.165) is 122 Å². The maximum absolute atomic E-state index is 13.6. The average molecular weight is 1150 g/mol. The highest BCUT2D eigenvalue weighted by Gasteiger charge is 2.30. The minimum Gasteiger partial charge on any atom is -0.456 e. The van der Waals surface area contributed by atoms with Crippen molar-refractivity contribution < 1.29 is 37.3 Å². The maximum Gasteiger partial charge on any atom is 0.472 e. The predicted octanol–water partition coefficient (Wildman–Crippen LogP) is 21.1. The topological polar surface area (TPSA) is 111 Å². The quantitative estimate of drug-likeness (QED) is 0.0205. The van der Waals surface area contributed by atoms with E-state index in [9.17, 15) is 19.0 Å². The van der Waals surface area contributed by atoms with Gasteiger partial charge in [-0.3, -0.25) is 18.6 Å². The smallest absolute Gasteiger partial charge is 0.456 e. The number of nitrogens with one attached hydrogen (secondary N) is 1. The van der Waals surface area contributed by atoms with Crippen LogP contribution in [0.2, 0.25) is 0 Å². The van der Waals surface area contributed by atoms with Crippen molar-refractivity contribution in [2.75, 3.05) is 40.9 Å². The average Bonchev–Trinajstić information content (AvgIpc) is 3.44. The van der Waals surface area contributed by atoms with E-state index in [1.165, 1.54) is 135 Å². The monoisotopic (exact) mass is 1150 g/mol. The zero-order valence-corrected chi connectivity index (χ0v) is 54.4. The second-order valence-corrected chi connectivity index (χ2v) is 25.1. The fraction of sp³-hybridized carbons (Fsp3) is 0.746. The number of ether oxygens (including phenoxy) is 1. The van der Waals surface area contributed by atoms with Crippen molar-refractivity contribution in [3.63, 3.8) is 0 Å². The summed E-state index contributed by atoms with van der Waals surface area (Å²) in [4.78, 5) is 37.8. The number of hydrogen-bond donors (Lipinski definition) is 2. The number of rotatable bonds is 60. The van der Waals surface area contributed by atoms with E-state index in [4.69, 9.17) is 13.8 Å². The molecule has 0 aromatic heterocycles. The first-order valence-corrected chi connectivity index (χ1v) is 35.1. The molecule has 1 amide bonds.